The normalized spacial score (nSPS) is 10.1. The van der Waals surface area contributed by atoms with Crippen molar-refractivity contribution >= 4 is 5.82 Å². The fourth-order valence-corrected chi connectivity index (χ4v) is 1.66. The highest BCUT2D eigenvalue weighted by Crippen LogP contribution is 2.11. The van der Waals surface area contributed by atoms with E-state index in [1.807, 2.05) is 37.3 Å². The predicted octanol–water partition coefficient (Wildman–Crippen LogP) is 2.76. The van der Waals surface area contributed by atoms with Crippen LogP contribution in [0.4, 0.5) is 5.82 Å². The molecule has 2 aromatic rings. The number of para-hydroxylation sites is 1. The van der Waals surface area contributed by atoms with Crippen LogP contribution in [-0.2, 0) is 0 Å². The number of anilines is 1. The monoisotopic (exact) mass is 273 g/mol. The van der Waals surface area contributed by atoms with Gasteiger partial charge in [0, 0.05) is 12.6 Å². The van der Waals surface area contributed by atoms with Gasteiger partial charge in [0.2, 0.25) is 5.88 Å². The van der Waals surface area contributed by atoms with Gasteiger partial charge in [-0.25, -0.2) is 9.97 Å². The third-order valence-corrected chi connectivity index (χ3v) is 2.57. The maximum Gasteiger partial charge on any atom is 0.218 e. The van der Waals surface area contributed by atoms with Crippen molar-refractivity contribution in [2.75, 3.05) is 25.1 Å². The third-order valence-electron chi connectivity index (χ3n) is 2.57. The number of nitrogens with zero attached hydrogens (tertiary/aromatic N) is 2. The van der Waals surface area contributed by atoms with E-state index in [4.69, 9.17) is 9.47 Å². The third kappa shape index (κ3) is 4.76. The summed E-state index contributed by atoms with van der Waals surface area (Å²) < 4.78 is 10.9. The second kappa shape index (κ2) is 7.99. The van der Waals surface area contributed by atoms with Crippen LogP contribution >= 0.6 is 0 Å². The van der Waals surface area contributed by atoms with E-state index in [9.17, 15) is 0 Å². The van der Waals surface area contributed by atoms with Crippen molar-refractivity contribution in [2.24, 2.45) is 0 Å². The smallest absolute Gasteiger partial charge is 0.218 e. The van der Waals surface area contributed by atoms with Crippen LogP contribution in [0.5, 0.6) is 11.6 Å². The molecule has 0 atom stereocenters. The summed E-state index contributed by atoms with van der Waals surface area (Å²) in [6.07, 6.45) is 2.39. The Balaban J connectivity index is 1.67. The molecule has 1 heterocycles. The molecule has 106 valence electrons. The summed E-state index contributed by atoms with van der Waals surface area (Å²) >= 11 is 0. The van der Waals surface area contributed by atoms with Gasteiger partial charge in [-0.05, 0) is 25.5 Å². The highest BCUT2D eigenvalue weighted by atomic mass is 16.5. The minimum atomic E-state index is 0.588. The standard InChI is InChI=1S/C15H19N3O2/c1-2-19-15-11-14(17-12-18-15)16-9-6-10-20-13-7-4-3-5-8-13/h3-5,7-8,11-12H,2,6,9-10H2,1H3,(H,16,17,18). The fourth-order valence-electron chi connectivity index (χ4n) is 1.66. The van der Waals surface area contributed by atoms with E-state index in [2.05, 4.69) is 15.3 Å². The molecule has 0 aliphatic rings. The lowest BCUT2D eigenvalue weighted by Gasteiger charge is -2.08. The Morgan fingerprint density at radius 3 is 2.75 bits per heavy atom. The number of aromatic nitrogens is 2. The van der Waals surface area contributed by atoms with Gasteiger partial charge in [0.25, 0.3) is 0 Å². The molecule has 0 spiro atoms. The van der Waals surface area contributed by atoms with E-state index < -0.39 is 0 Å². The maximum absolute atomic E-state index is 5.61. The van der Waals surface area contributed by atoms with Crippen molar-refractivity contribution < 1.29 is 9.47 Å². The van der Waals surface area contributed by atoms with Gasteiger partial charge in [-0.15, -0.1) is 0 Å². The molecular formula is C15H19N3O2. The zero-order valence-corrected chi connectivity index (χ0v) is 11.6. The number of ether oxygens (including phenoxy) is 2. The molecule has 0 saturated heterocycles. The maximum atomic E-state index is 5.61. The quantitative estimate of drug-likeness (QED) is 0.749. The first kappa shape index (κ1) is 14.1. The van der Waals surface area contributed by atoms with Gasteiger partial charge in [-0.2, -0.15) is 0 Å². The number of benzene rings is 1. The van der Waals surface area contributed by atoms with E-state index in [1.165, 1.54) is 6.33 Å². The molecule has 2 rings (SSSR count). The summed E-state index contributed by atoms with van der Waals surface area (Å²) in [6.45, 7) is 3.98. The van der Waals surface area contributed by atoms with E-state index >= 15 is 0 Å². The Bertz CT molecular complexity index is 505. The largest absolute Gasteiger partial charge is 0.494 e. The molecule has 5 heteroatoms. The Morgan fingerprint density at radius 1 is 1.10 bits per heavy atom. The number of hydrogen-bond acceptors (Lipinski definition) is 5. The average Bonchev–Trinajstić information content (AvgIpc) is 2.49. The molecule has 1 N–H and O–H groups in total. The lowest BCUT2D eigenvalue weighted by atomic mass is 10.3. The van der Waals surface area contributed by atoms with E-state index in [0.717, 1.165) is 24.5 Å². The average molecular weight is 273 g/mol. The Hall–Kier alpha value is -2.30. The highest BCUT2D eigenvalue weighted by molar-refractivity contribution is 5.36. The molecule has 5 nitrogen and oxygen atoms in total. The molecule has 1 aromatic heterocycles. The summed E-state index contributed by atoms with van der Waals surface area (Å²) in [5, 5.41) is 3.22. The molecule has 0 saturated carbocycles. The second-order valence-corrected chi connectivity index (χ2v) is 4.12. The molecule has 0 bridgehead atoms. The fraction of sp³-hybridized carbons (Fsp3) is 0.333. The van der Waals surface area contributed by atoms with Gasteiger partial charge in [0.15, 0.2) is 0 Å². The Labute approximate surface area is 119 Å². The number of hydrogen-bond donors (Lipinski definition) is 1. The van der Waals surface area contributed by atoms with E-state index in [0.29, 0.717) is 19.1 Å². The van der Waals surface area contributed by atoms with Crippen molar-refractivity contribution in [3.63, 3.8) is 0 Å². The van der Waals surface area contributed by atoms with Crippen LogP contribution in [0.2, 0.25) is 0 Å². The van der Waals surface area contributed by atoms with Gasteiger partial charge in [-0.1, -0.05) is 18.2 Å². The minimum absolute atomic E-state index is 0.588. The van der Waals surface area contributed by atoms with Crippen LogP contribution in [0.25, 0.3) is 0 Å². The summed E-state index contributed by atoms with van der Waals surface area (Å²) in [4.78, 5) is 8.15. The lowest BCUT2D eigenvalue weighted by molar-refractivity contribution is 0.315. The molecule has 0 fully saturated rings. The van der Waals surface area contributed by atoms with Crippen molar-refractivity contribution in [1.82, 2.24) is 9.97 Å². The zero-order chi connectivity index (χ0) is 14.0. The van der Waals surface area contributed by atoms with Crippen molar-refractivity contribution in [3.05, 3.63) is 42.7 Å². The minimum Gasteiger partial charge on any atom is -0.494 e. The second-order valence-electron chi connectivity index (χ2n) is 4.12. The van der Waals surface area contributed by atoms with Crippen LogP contribution in [-0.4, -0.2) is 29.7 Å². The summed E-state index contributed by atoms with van der Waals surface area (Å²) in [5.74, 6) is 2.25. The Kier molecular flexibility index (Phi) is 5.64. The van der Waals surface area contributed by atoms with Crippen molar-refractivity contribution in [2.45, 2.75) is 13.3 Å². The molecule has 0 aliphatic carbocycles. The number of nitrogens with one attached hydrogen (secondary N) is 1. The van der Waals surface area contributed by atoms with E-state index in [1.54, 1.807) is 6.07 Å². The van der Waals surface area contributed by atoms with Crippen LogP contribution in [0.1, 0.15) is 13.3 Å². The van der Waals surface area contributed by atoms with Crippen LogP contribution < -0.4 is 14.8 Å². The van der Waals surface area contributed by atoms with Gasteiger partial charge in [0.05, 0.1) is 13.2 Å². The first-order valence-corrected chi connectivity index (χ1v) is 6.75. The molecule has 20 heavy (non-hydrogen) atoms. The van der Waals surface area contributed by atoms with E-state index in [-0.39, 0.29) is 0 Å². The molecule has 1 aromatic carbocycles. The van der Waals surface area contributed by atoms with Gasteiger partial charge in [0.1, 0.15) is 17.9 Å². The predicted molar refractivity (Wildman–Crippen MR) is 78.2 cm³/mol. The molecule has 0 aliphatic heterocycles. The van der Waals surface area contributed by atoms with Crippen molar-refractivity contribution in [1.29, 1.82) is 0 Å². The topological polar surface area (TPSA) is 56.3 Å². The summed E-state index contributed by atoms with van der Waals surface area (Å²) in [6, 6.07) is 11.6. The van der Waals surface area contributed by atoms with Gasteiger partial charge in [-0.3, -0.25) is 0 Å². The van der Waals surface area contributed by atoms with Crippen LogP contribution in [0, 0.1) is 0 Å². The summed E-state index contributed by atoms with van der Waals surface area (Å²) in [7, 11) is 0. The first-order chi connectivity index (χ1) is 9.88. The SMILES string of the molecule is CCOc1cc(NCCCOc2ccccc2)ncn1. The summed E-state index contributed by atoms with van der Waals surface area (Å²) in [5.41, 5.74) is 0. The molecular weight excluding hydrogens is 254 g/mol. The zero-order valence-electron chi connectivity index (χ0n) is 11.6. The lowest BCUT2D eigenvalue weighted by Crippen LogP contribution is -2.08. The number of rotatable bonds is 8. The highest BCUT2D eigenvalue weighted by Gasteiger charge is 1.98. The molecule has 0 unspecified atom stereocenters. The molecule has 0 radical (unpaired) electrons. The first-order valence-electron chi connectivity index (χ1n) is 6.75. The molecule has 0 amide bonds. The van der Waals surface area contributed by atoms with Gasteiger partial charge >= 0.3 is 0 Å². The van der Waals surface area contributed by atoms with Crippen LogP contribution in [0.3, 0.4) is 0 Å². The van der Waals surface area contributed by atoms with Gasteiger partial charge < -0.3 is 14.8 Å². The van der Waals surface area contributed by atoms with Crippen molar-refractivity contribution in [3.8, 4) is 11.6 Å². The Morgan fingerprint density at radius 2 is 1.95 bits per heavy atom. The van der Waals surface area contributed by atoms with Crippen LogP contribution in [0.15, 0.2) is 42.7 Å².